The topological polar surface area (TPSA) is 51.2 Å². The van der Waals surface area contributed by atoms with E-state index in [1.165, 1.54) is 12.7 Å². The maximum Gasteiger partial charge on any atom is 0.251 e. The Morgan fingerprint density at radius 2 is 2.05 bits per heavy atom. The Balaban J connectivity index is 1.96. The highest BCUT2D eigenvalue weighted by Crippen LogP contribution is 2.09. The molecule has 1 atom stereocenters. The molecule has 0 aliphatic heterocycles. The fraction of sp³-hybridized carbons (Fsp3) is 0.250. The van der Waals surface area contributed by atoms with Crippen molar-refractivity contribution in [1.82, 2.24) is 10.3 Å². The molecule has 104 valence electrons. The predicted molar refractivity (Wildman–Crippen MR) is 77.9 cm³/mol. The lowest BCUT2D eigenvalue weighted by molar-refractivity contribution is 0.0939. The lowest BCUT2D eigenvalue weighted by Crippen LogP contribution is -2.34. The standard InChI is InChI=1S/C16H18N2O2/c1-12(10-13-6-4-3-5-7-13)18-16(19)14-8-9-17-15(11-14)20-2/h3-9,11-12H,10H2,1-2H3,(H,18,19)/t12-/m1/s1. The van der Waals surface area contributed by atoms with Gasteiger partial charge < -0.3 is 10.1 Å². The van der Waals surface area contributed by atoms with E-state index in [0.29, 0.717) is 11.4 Å². The van der Waals surface area contributed by atoms with E-state index in [9.17, 15) is 4.79 Å². The molecule has 1 amide bonds. The van der Waals surface area contributed by atoms with Crippen molar-refractivity contribution in [3.63, 3.8) is 0 Å². The summed E-state index contributed by atoms with van der Waals surface area (Å²) >= 11 is 0. The second kappa shape index (κ2) is 6.70. The lowest BCUT2D eigenvalue weighted by atomic mass is 10.1. The first-order valence-corrected chi connectivity index (χ1v) is 6.54. The van der Waals surface area contributed by atoms with Crippen molar-refractivity contribution in [2.24, 2.45) is 0 Å². The van der Waals surface area contributed by atoms with Crippen molar-refractivity contribution < 1.29 is 9.53 Å². The Kier molecular flexibility index (Phi) is 4.71. The number of amides is 1. The predicted octanol–water partition coefficient (Wildman–Crippen LogP) is 2.45. The summed E-state index contributed by atoms with van der Waals surface area (Å²) in [6.07, 6.45) is 2.37. The number of pyridine rings is 1. The second-order valence-corrected chi connectivity index (χ2v) is 4.65. The molecule has 0 spiro atoms. The second-order valence-electron chi connectivity index (χ2n) is 4.65. The van der Waals surface area contributed by atoms with Gasteiger partial charge in [0.2, 0.25) is 5.88 Å². The number of hydrogen-bond donors (Lipinski definition) is 1. The molecule has 0 aliphatic carbocycles. The molecule has 0 saturated carbocycles. The normalized spacial score (nSPS) is 11.7. The van der Waals surface area contributed by atoms with Crippen molar-refractivity contribution in [3.8, 4) is 5.88 Å². The van der Waals surface area contributed by atoms with Crippen LogP contribution in [0, 0.1) is 0 Å². The number of nitrogens with one attached hydrogen (secondary N) is 1. The first-order chi connectivity index (χ1) is 9.69. The molecule has 2 aromatic rings. The molecule has 0 aliphatic rings. The minimum atomic E-state index is -0.117. The number of carbonyl (C=O) groups is 1. The first kappa shape index (κ1) is 14.1. The quantitative estimate of drug-likeness (QED) is 0.908. The monoisotopic (exact) mass is 270 g/mol. The Morgan fingerprint density at radius 3 is 2.75 bits per heavy atom. The molecular formula is C16H18N2O2. The fourth-order valence-corrected chi connectivity index (χ4v) is 1.99. The number of hydrogen-bond acceptors (Lipinski definition) is 3. The smallest absolute Gasteiger partial charge is 0.251 e. The van der Waals surface area contributed by atoms with E-state index in [1.807, 2.05) is 25.1 Å². The molecule has 4 nitrogen and oxygen atoms in total. The van der Waals surface area contributed by atoms with Crippen LogP contribution in [0.2, 0.25) is 0 Å². The van der Waals surface area contributed by atoms with Gasteiger partial charge in [-0.2, -0.15) is 0 Å². The van der Waals surface area contributed by atoms with Gasteiger partial charge in [-0.3, -0.25) is 4.79 Å². The number of rotatable bonds is 5. The van der Waals surface area contributed by atoms with E-state index >= 15 is 0 Å². The molecule has 0 radical (unpaired) electrons. The maximum atomic E-state index is 12.1. The van der Waals surface area contributed by atoms with Gasteiger partial charge in [0.15, 0.2) is 0 Å². The Morgan fingerprint density at radius 1 is 1.30 bits per heavy atom. The van der Waals surface area contributed by atoms with Crippen LogP contribution in [0.5, 0.6) is 5.88 Å². The summed E-state index contributed by atoms with van der Waals surface area (Å²) in [5.41, 5.74) is 1.75. The summed E-state index contributed by atoms with van der Waals surface area (Å²) in [4.78, 5) is 16.1. The Hall–Kier alpha value is -2.36. The number of benzene rings is 1. The molecular weight excluding hydrogens is 252 g/mol. The lowest BCUT2D eigenvalue weighted by Gasteiger charge is -2.14. The third-order valence-electron chi connectivity index (χ3n) is 2.97. The van der Waals surface area contributed by atoms with Crippen molar-refractivity contribution in [2.45, 2.75) is 19.4 Å². The summed E-state index contributed by atoms with van der Waals surface area (Å²) in [6, 6.07) is 13.4. The average molecular weight is 270 g/mol. The average Bonchev–Trinajstić information content (AvgIpc) is 2.48. The number of carbonyl (C=O) groups excluding carboxylic acids is 1. The Bertz CT molecular complexity index is 570. The van der Waals surface area contributed by atoms with Crippen LogP contribution in [0.25, 0.3) is 0 Å². The zero-order valence-corrected chi connectivity index (χ0v) is 11.7. The third kappa shape index (κ3) is 3.82. The molecule has 1 N–H and O–H groups in total. The van der Waals surface area contributed by atoms with Crippen LogP contribution in [0.1, 0.15) is 22.8 Å². The molecule has 1 heterocycles. The SMILES string of the molecule is COc1cc(C(=O)N[C@H](C)Cc2ccccc2)ccn1. The summed E-state index contributed by atoms with van der Waals surface area (Å²) < 4.78 is 5.01. The van der Waals surface area contributed by atoms with E-state index in [-0.39, 0.29) is 11.9 Å². The summed E-state index contributed by atoms with van der Waals surface area (Å²) in [5.74, 6) is 0.322. The molecule has 20 heavy (non-hydrogen) atoms. The number of methoxy groups -OCH3 is 1. The minimum Gasteiger partial charge on any atom is -0.481 e. The van der Waals surface area contributed by atoms with Crippen molar-refractivity contribution >= 4 is 5.91 Å². The van der Waals surface area contributed by atoms with Gasteiger partial charge >= 0.3 is 0 Å². The van der Waals surface area contributed by atoms with Gasteiger partial charge in [-0.15, -0.1) is 0 Å². The van der Waals surface area contributed by atoms with Crippen molar-refractivity contribution in [3.05, 3.63) is 59.8 Å². The van der Waals surface area contributed by atoms with Gasteiger partial charge in [-0.1, -0.05) is 30.3 Å². The van der Waals surface area contributed by atoms with E-state index in [0.717, 1.165) is 6.42 Å². The van der Waals surface area contributed by atoms with E-state index in [1.54, 1.807) is 18.3 Å². The van der Waals surface area contributed by atoms with Crippen LogP contribution in [0.4, 0.5) is 0 Å². The minimum absolute atomic E-state index is 0.0593. The van der Waals surface area contributed by atoms with Crippen molar-refractivity contribution in [1.29, 1.82) is 0 Å². The van der Waals surface area contributed by atoms with E-state index in [4.69, 9.17) is 4.74 Å². The first-order valence-electron chi connectivity index (χ1n) is 6.54. The van der Waals surface area contributed by atoms with E-state index in [2.05, 4.69) is 22.4 Å². The molecule has 1 aromatic carbocycles. The molecule has 4 heteroatoms. The van der Waals surface area contributed by atoms with Gasteiger partial charge in [0.25, 0.3) is 5.91 Å². The Labute approximate surface area is 118 Å². The van der Waals surface area contributed by atoms with Crippen LogP contribution in [-0.4, -0.2) is 24.0 Å². The van der Waals surface area contributed by atoms with E-state index < -0.39 is 0 Å². The highest BCUT2D eigenvalue weighted by molar-refractivity contribution is 5.94. The van der Waals surface area contributed by atoms with Gasteiger partial charge in [-0.05, 0) is 25.0 Å². The summed E-state index contributed by atoms with van der Waals surface area (Å²) in [6.45, 7) is 1.99. The zero-order chi connectivity index (χ0) is 14.4. The third-order valence-corrected chi connectivity index (χ3v) is 2.97. The summed E-state index contributed by atoms with van der Waals surface area (Å²) in [5, 5.41) is 2.97. The molecule has 0 fully saturated rings. The van der Waals surface area contributed by atoms with Crippen LogP contribution in [0.15, 0.2) is 48.7 Å². The van der Waals surface area contributed by atoms with Crippen LogP contribution >= 0.6 is 0 Å². The largest absolute Gasteiger partial charge is 0.481 e. The maximum absolute atomic E-state index is 12.1. The summed E-state index contributed by atoms with van der Waals surface area (Å²) in [7, 11) is 1.53. The molecule has 0 unspecified atom stereocenters. The number of ether oxygens (including phenoxy) is 1. The molecule has 0 saturated heterocycles. The van der Waals surface area contributed by atoms with Crippen LogP contribution in [-0.2, 0) is 6.42 Å². The molecule has 2 rings (SSSR count). The zero-order valence-electron chi connectivity index (χ0n) is 11.7. The molecule has 0 bridgehead atoms. The van der Waals surface area contributed by atoms with Gasteiger partial charge in [0.1, 0.15) is 0 Å². The van der Waals surface area contributed by atoms with Crippen LogP contribution < -0.4 is 10.1 Å². The van der Waals surface area contributed by atoms with Gasteiger partial charge in [0, 0.05) is 23.9 Å². The van der Waals surface area contributed by atoms with Gasteiger partial charge in [-0.25, -0.2) is 4.98 Å². The van der Waals surface area contributed by atoms with Crippen molar-refractivity contribution in [2.75, 3.05) is 7.11 Å². The van der Waals surface area contributed by atoms with Gasteiger partial charge in [0.05, 0.1) is 7.11 Å². The highest BCUT2D eigenvalue weighted by Gasteiger charge is 2.11. The number of nitrogens with zero attached hydrogens (tertiary/aromatic N) is 1. The fourth-order valence-electron chi connectivity index (χ4n) is 1.99. The molecule has 1 aromatic heterocycles. The number of aromatic nitrogens is 1. The highest BCUT2D eigenvalue weighted by atomic mass is 16.5. The van der Waals surface area contributed by atoms with Crippen LogP contribution in [0.3, 0.4) is 0 Å².